The van der Waals surface area contributed by atoms with Crippen molar-refractivity contribution >= 4 is 41.0 Å². The highest BCUT2D eigenvalue weighted by molar-refractivity contribution is 14.0. The lowest BCUT2D eigenvalue weighted by Gasteiger charge is -2.35. The van der Waals surface area contributed by atoms with Crippen LogP contribution in [0.5, 0.6) is 0 Å². The molecular weight excluding hydrogens is 477 g/mol. The highest BCUT2D eigenvalue weighted by Gasteiger charge is 2.31. The van der Waals surface area contributed by atoms with E-state index in [0.717, 1.165) is 61.7 Å². The Balaban J connectivity index is 0.00000300. The molecule has 162 valence electrons. The van der Waals surface area contributed by atoms with Gasteiger partial charge in [-0.2, -0.15) is 0 Å². The number of benzene rings is 1. The largest absolute Gasteiger partial charge is 0.396 e. The van der Waals surface area contributed by atoms with Gasteiger partial charge in [0.15, 0.2) is 5.96 Å². The van der Waals surface area contributed by atoms with Crippen LogP contribution in [0.25, 0.3) is 11.0 Å². The van der Waals surface area contributed by atoms with Gasteiger partial charge in [-0.1, -0.05) is 31.4 Å². The number of aryl methyl sites for hydroxylation is 1. The van der Waals surface area contributed by atoms with Gasteiger partial charge in [-0.05, 0) is 50.2 Å². The van der Waals surface area contributed by atoms with Crippen molar-refractivity contribution in [2.45, 2.75) is 58.3 Å². The molecule has 0 unspecified atom stereocenters. The van der Waals surface area contributed by atoms with Crippen molar-refractivity contribution in [2.24, 2.45) is 10.4 Å². The predicted molar refractivity (Wildman–Crippen MR) is 131 cm³/mol. The maximum Gasteiger partial charge on any atom is 0.191 e. The fourth-order valence-electron chi connectivity index (χ4n) is 4.20. The highest BCUT2D eigenvalue weighted by Crippen LogP contribution is 2.39. The van der Waals surface area contributed by atoms with Crippen LogP contribution in [-0.4, -0.2) is 47.3 Å². The van der Waals surface area contributed by atoms with Crippen molar-refractivity contribution in [2.75, 3.05) is 26.2 Å². The van der Waals surface area contributed by atoms with Crippen LogP contribution in [0.1, 0.15) is 57.7 Å². The number of aliphatic hydroxyl groups is 1. The van der Waals surface area contributed by atoms with Gasteiger partial charge in [0.05, 0.1) is 11.0 Å². The number of para-hydroxylation sites is 2. The van der Waals surface area contributed by atoms with Gasteiger partial charge in [0, 0.05) is 32.7 Å². The summed E-state index contributed by atoms with van der Waals surface area (Å²) in [5, 5.41) is 16.3. The summed E-state index contributed by atoms with van der Waals surface area (Å²) in [5.74, 6) is 1.92. The molecule has 0 radical (unpaired) electrons. The second-order valence-corrected chi connectivity index (χ2v) is 7.96. The molecule has 1 aliphatic rings. The molecule has 1 aromatic heterocycles. The van der Waals surface area contributed by atoms with E-state index >= 15 is 0 Å². The summed E-state index contributed by atoms with van der Waals surface area (Å²) in [6.45, 7) is 4.86. The number of rotatable bonds is 9. The number of aliphatic hydroxyl groups excluding tert-OH is 1. The number of H-pyrrole nitrogens is 1. The fraction of sp³-hybridized carbons (Fsp3) is 0.636. The average molecular weight is 513 g/mol. The van der Waals surface area contributed by atoms with E-state index in [2.05, 4.69) is 33.6 Å². The molecule has 1 saturated carbocycles. The summed E-state index contributed by atoms with van der Waals surface area (Å²) in [4.78, 5) is 12.9. The van der Waals surface area contributed by atoms with Gasteiger partial charge in [-0.15, -0.1) is 24.0 Å². The van der Waals surface area contributed by atoms with E-state index in [9.17, 15) is 5.11 Å². The summed E-state index contributed by atoms with van der Waals surface area (Å²) >= 11 is 0. The molecule has 0 amide bonds. The van der Waals surface area contributed by atoms with Gasteiger partial charge in [0.25, 0.3) is 0 Å². The Morgan fingerprint density at radius 3 is 2.72 bits per heavy atom. The van der Waals surface area contributed by atoms with Crippen molar-refractivity contribution in [1.82, 2.24) is 20.6 Å². The van der Waals surface area contributed by atoms with Crippen LogP contribution >= 0.6 is 24.0 Å². The van der Waals surface area contributed by atoms with Crippen molar-refractivity contribution in [1.29, 1.82) is 0 Å². The Hall–Kier alpha value is -1.35. The molecule has 0 aliphatic heterocycles. The zero-order valence-corrected chi connectivity index (χ0v) is 19.9. The normalized spacial score (nSPS) is 16.4. The molecule has 29 heavy (non-hydrogen) atoms. The van der Waals surface area contributed by atoms with Crippen LogP contribution in [0.4, 0.5) is 0 Å². The number of nitrogens with zero attached hydrogens (tertiary/aromatic N) is 2. The Morgan fingerprint density at radius 2 is 2.00 bits per heavy atom. The maximum atomic E-state index is 9.50. The molecule has 0 bridgehead atoms. The van der Waals surface area contributed by atoms with E-state index in [0.29, 0.717) is 0 Å². The number of aromatic amines is 1. The molecule has 6 nitrogen and oxygen atoms in total. The third-order valence-electron chi connectivity index (χ3n) is 5.79. The quantitative estimate of drug-likeness (QED) is 0.177. The van der Waals surface area contributed by atoms with E-state index in [-0.39, 0.29) is 36.0 Å². The van der Waals surface area contributed by atoms with Crippen molar-refractivity contribution in [3.05, 3.63) is 30.1 Å². The standard InChI is InChI=1S/C22H35N5O.HI/c1-2-23-21(25-17-22(14-16-28)12-6-3-7-13-22)24-15-8-11-20-26-18-9-4-5-10-19(18)27-20;/h4-5,9-10,28H,2-3,6-8,11-17H2,1H3,(H,26,27)(H2,23,24,25);1H. The number of hydrogen-bond acceptors (Lipinski definition) is 3. The smallest absolute Gasteiger partial charge is 0.191 e. The van der Waals surface area contributed by atoms with Crippen molar-refractivity contribution in [3.63, 3.8) is 0 Å². The molecule has 1 heterocycles. The molecule has 0 saturated heterocycles. The van der Waals surface area contributed by atoms with Crippen molar-refractivity contribution < 1.29 is 5.11 Å². The first kappa shape index (κ1) is 23.9. The summed E-state index contributed by atoms with van der Waals surface area (Å²) in [6.07, 6.45) is 8.97. The van der Waals surface area contributed by atoms with Gasteiger partial charge in [0.1, 0.15) is 5.82 Å². The number of aliphatic imine (C=N–C) groups is 1. The highest BCUT2D eigenvalue weighted by atomic mass is 127. The Kier molecular flexibility index (Phi) is 10.2. The molecule has 1 fully saturated rings. The van der Waals surface area contributed by atoms with Crippen LogP contribution < -0.4 is 10.6 Å². The Morgan fingerprint density at radius 1 is 1.21 bits per heavy atom. The second-order valence-electron chi connectivity index (χ2n) is 7.96. The Bertz CT molecular complexity index is 716. The topological polar surface area (TPSA) is 85.3 Å². The van der Waals surface area contributed by atoms with Crippen LogP contribution in [0, 0.1) is 5.41 Å². The number of aromatic nitrogens is 2. The molecule has 3 rings (SSSR count). The van der Waals surface area contributed by atoms with Crippen LogP contribution in [0.3, 0.4) is 0 Å². The van der Waals surface area contributed by atoms with E-state index in [4.69, 9.17) is 4.99 Å². The van der Waals surface area contributed by atoms with Gasteiger partial charge in [0.2, 0.25) is 0 Å². The molecular formula is C22H36IN5O. The lowest BCUT2D eigenvalue weighted by molar-refractivity contribution is 0.137. The third kappa shape index (κ3) is 7.13. The van der Waals surface area contributed by atoms with Crippen LogP contribution in [0.2, 0.25) is 0 Å². The minimum absolute atomic E-state index is 0. The van der Waals surface area contributed by atoms with E-state index in [1.54, 1.807) is 0 Å². The second kappa shape index (κ2) is 12.4. The average Bonchev–Trinajstić information content (AvgIpc) is 3.13. The van der Waals surface area contributed by atoms with Crippen LogP contribution in [-0.2, 0) is 6.42 Å². The first-order valence-electron chi connectivity index (χ1n) is 10.8. The molecule has 1 aliphatic carbocycles. The number of fused-ring (bicyclic) bond motifs is 1. The number of guanidine groups is 1. The predicted octanol–water partition coefficient (Wildman–Crippen LogP) is 4.00. The minimum atomic E-state index is 0. The molecule has 0 spiro atoms. The molecule has 2 aromatic rings. The molecule has 4 N–H and O–H groups in total. The summed E-state index contributed by atoms with van der Waals surface area (Å²) in [5.41, 5.74) is 2.31. The van der Waals surface area contributed by atoms with E-state index in [1.165, 1.54) is 32.1 Å². The number of imidazole rings is 1. The summed E-state index contributed by atoms with van der Waals surface area (Å²) < 4.78 is 0. The Labute approximate surface area is 191 Å². The zero-order chi connectivity index (χ0) is 19.7. The SMILES string of the molecule is CCNC(=NCC1(CCO)CCCCC1)NCCCc1nc2ccccc2[nH]1.I. The number of nitrogens with one attached hydrogen (secondary N) is 3. The van der Waals surface area contributed by atoms with Crippen molar-refractivity contribution in [3.8, 4) is 0 Å². The molecule has 1 aromatic carbocycles. The van der Waals surface area contributed by atoms with Gasteiger partial charge in [-0.25, -0.2) is 4.98 Å². The van der Waals surface area contributed by atoms with Crippen LogP contribution in [0.15, 0.2) is 29.3 Å². The lowest BCUT2D eigenvalue weighted by atomic mass is 9.72. The van der Waals surface area contributed by atoms with Gasteiger partial charge in [-0.3, -0.25) is 4.99 Å². The monoisotopic (exact) mass is 513 g/mol. The lowest BCUT2D eigenvalue weighted by Crippen LogP contribution is -2.39. The summed E-state index contributed by atoms with van der Waals surface area (Å²) in [7, 11) is 0. The third-order valence-corrected chi connectivity index (χ3v) is 5.79. The first-order valence-corrected chi connectivity index (χ1v) is 10.8. The first-order chi connectivity index (χ1) is 13.7. The van der Waals surface area contributed by atoms with Gasteiger partial charge >= 0.3 is 0 Å². The molecule has 7 heteroatoms. The number of halogens is 1. The zero-order valence-electron chi connectivity index (χ0n) is 17.5. The fourth-order valence-corrected chi connectivity index (χ4v) is 4.20. The number of hydrogen-bond donors (Lipinski definition) is 4. The minimum Gasteiger partial charge on any atom is -0.396 e. The van der Waals surface area contributed by atoms with E-state index in [1.807, 2.05) is 18.2 Å². The summed E-state index contributed by atoms with van der Waals surface area (Å²) in [6, 6.07) is 8.15. The maximum absolute atomic E-state index is 9.50. The molecule has 0 atom stereocenters. The van der Waals surface area contributed by atoms with E-state index < -0.39 is 0 Å². The van der Waals surface area contributed by atoms with Gasteiger partial charge < -0.3 is 20.7 Å².